The van der Waals surface area contributed by atoms with E-state index in [9.17, 15) is 14.4 Å². The minimum atomic E-state index is -0.724. The van der Waals surface area contributed by atoms with Gasteiger partial charge >= 0.3 is 6.03 Å². The van der Waals surface area contributed by atoms with Crippen LogP contribution in [0, 0.1) is 5.92 Å². The van der Waals surface area contributed by atoms with E-state index in [4.69, 9.17) is 23.2 Å². The molecular formula is C29H32Cl2N4O3. The summed E-state index contributed by atoms with van der Waals surface area (Å²) in [6, 6.07) is 16.9. The Bertz CT molecular complexity index is 1340. The number of rotatable bonds is 6. The van der Waals surface area contributed by atoms with Crippen LogP contribution in [0.5, 0.6) is 0 Å². The molecule has 3 aromatic carbocycles. The van der Waals surface area contributed by atoms with Gasteiger partial charge in [-0.15, -0.1) is 0 Å². The summed E-state index contributed by atoms with van der Waals surface area (Å²) >= 11 is 12.1. The number of carbonyl (C=O) groups is 3. The highest BCUT2D eigenvalue weighted by molar-refractivity contribution is 6.36. The van der Waals surface area contributed by atoms with Gasteiger partial charge in [-0.2, -0.15) is 0 Å². The Morgan fingerprint density at radius 3 is 2.47 bits per heavy atom. The van der Waals surface area contributed by atoms with Crippen molar-refractivity contribution in [2.24, 2.45) is 5.92 Å². The van der Waals surface area contributed by atoms with E-state index >= 15 is 0 Å². The average molecular weight is 556 g/mol. The van der Waals surface area contributed by atoms with Crippen molar-refractivity contribution in [1.29, 1.82) is 0 Å². The molecule has 7 nitrogen and oxygen atoms in total. The Labute approximate surface area is 233 Å². The first-order chi connectivity index (χ1) is 18.2. The van der Waals surface area contributed by atoms with Crippen LogP contribution in [-0.4, -0.2) is 59.4 Å². The molecule has 0 radical (unpaired) electrons. The second-order valence-corrected chi connectivity index (χ2v) is 10.6. The van der Waals surface area contributed by atoms with Crippen molar-refractivity contribution in [2.45, 2.75) is 39.3 Å². The summed E-state index contributed by atoms with van der Waals surface area (Å²) in [4.78, 5) is 43.5. The van der Waals surface area contributed by atoms with Crippen LogP contribution in [-0.2, 0) is 4.79 Å². The Kier molecular flexibility index (Phi) is 8.80. The molecule has 2 N–H and O–H groups in total. The zero-order valence-corrected chi connectivity index (χ0v) is 23.2. The monoisotopic (exact) mass is 554 g/mol. The highest BCUT2D eigenvalue weighted by Crippen LogP contribution is 2.26. The number of nitrogens with one attached hydrogen (secondary N) is 2. The fourth-order valence-electron chi connectivity index (χ4n) is 4.80. The molecule has 0 spiro atoms. The van der Waals surface area contributed by atoms with E-state index in [1.807, 2.05) is 68.1 Å². The number of anilines is 1. The number of carbonyl (C=O) groups excluding carboxylic acids is 3. The molecule has 1 heterocycles. The van der Waals surface area contributed by atoms with Gasteiger partial charge in [-0.25, -0.2) is 4.79 Å². The molecule has 0 saturated carbocycles. The van der Waals surface area contributed by atoms with Gasteiger partial charge in [-0.3, -0.25) is 9.59 Å². The molecule has 1 fully saturated rings. The van der Waals surface area contributed by atoms with Crippen LogP contribution in [0.4, 0.5) is 10.5 Å². The van der Waals surface area contributed by atoms with Crippen molar-refractivity contribution in [1.82, 2.24) is 15.1 Å². The SMILES string of the molecule is CCC(C)C(NC(=O)Nc1ccc(Cl)cc1Cl)C(=O)N1CCN(C(=O)c2cccc3ccccc23)C(C)C1. The average Bonchev–Trinajstić information content (AvgIpc) is 2.91. The molecule has 3 aromatic rings. The highest BCUT2D eigenvalue weighted by atomic mass is 35.5. The Balaban J connectivity index is 1.44. The standard InChI is InChI=1S/C29H32Cl2N4O3/c1-4-18(2)26(33-29(38)32-25-13-12-21(30)16-24(25)31)28(37)34-14-15-35(19(3)17-34)27(36)23-11-7-9-20-8-5-6-10-22(20)23/h5-13,16,18-19,26H,4,14-15,17H2,1-3H3,(H2,32,33,38). The van der Waals surface area contributed by atoms with Gasteiger partial charge in [0.05, 0.1) is 10.7 Å². The first kappa shape index (κ1) is 27.7. The van der Waals surface area contributed by atoms with Crippen LogP contribution in [0.15, 0.2) is 60.7 Å². The summed E-state index contributed by atoms with van der Waals surface area (Å²) in [6.07, 6.45) is 0.702. The largest absolute Gasteiger partial charge is 0.337 e. The third-order valence-corrected chi connectivity index (χ3v) is 7.71. The van der Waals surface area contributed by atoms with Crippen molar-refractivity contribution in [3.05, 3.63) is 76.3 Å². The minimum Gasteiger partial charge on any atom is -0.337 e. The number of benzene rings is 3. The Hall–Kier alpha value is -3.29. The molecule has 4 amide bonds. The van der Waals surface area contributed by atoms with E-state index in [0.29, 0.717) is 47.4 Å². The molecule has 3 atom stereocenters. The van der Waals surface area contributed by atoms with Gasteiger partial charge in [-0.1, -0.05) is 79.9 Å². The van der Waals surface area contributed by atoms with Crippen LogP contribution in [0.2, 0.25) is 10.0 Å². The molecule has 1 saturated heterocycles. The smallest absolute Gasteiger partial charge is 0.319 e. The highest BCUT2D eigenvalue weighted by Gasteiger charge is 2.35. The maximum absolute atomic E-state index is 13.6. The molecular weight excluding hydrogens is 523 g/mol. The van der Waals surface area contributed by atoms with Gasteiger partial charge in [0.25, 0.3) is 5.91 Å². The summed E-state index contributed by atoms with van der Waals surface area (Å²) in [6.45, 7) is 7.04. The number of amides is 4. The lowest BCUT2D eigenvalue weighted by Gasteiger charge is -2.41. The summed E-state index contributed by atoms with van der Waals surface area (Å²) in [5.41, 5.74) is 1.06. The van der Waals surface area contributed by atoms with Gasteiger partial charge in [-0.05, 0) is 47.9 Å². The van der Waals surface area contributed by atoms with E-state index in [0.717, 1.165) is 10.8 Å². The first-order valence-corrected chi connectivity index (χ1v) is 13.5. The maximum Gasteiger partial charge on any atom is 0.319 e. The molecule has 0 aromatic heterocycles. The number of urea groups is 1. The predicted octanol–water partition coefficient (Wildman–Crippen LogP) is 6.06. The third kappa shape index (κ3) is 6.05. The maximum atomic E-state index is 13.6. The second-order valence-electron chi connectivity index (χ2n) is 9.74. The third-order valence-electron chi connectivity index (χ3n) is 7.17. The molecule has 0 aliphatic carbocycles. The quantitative estimate of drug-likeness (QED) is 0.388. The zero-order valence-electron chi connectivity index (χ0n) is 21.7. The van der Waals surface area contributed by atoms with Gasteiger partial charge in [0.15, 0.2) is 0 Å². The zero-order chi connectivity index (χ0) is 27.4. The van der Waals surface area contributed by atoms with E-state index in [-0.39, 0.29) is 23.8 Å². The molecule has 4 rings (SSSR count). The molecule has 200 valence electrons. The topological polar surface area (TPSA) is 81.8 Å². The van der Waals surface area contributed by atoms with E-state index in [2.05, 4.69) is 10.6 Å². The molecule has 0 bridgehead atoms. The minimum absolute atomic E-state index is 0.0442. The predicted molar refractivity (Wildman–Crippen MR) is 153 cm³/mol. The molecule has 9 heteroatoms. The second kappa shape index (κ2) is 12.0. The van der Waals surface area contributed by atoms with Gasteiger partial charge < -0.3 is 20.4 Å². The van der Waals surface area contributed by atoms with Crippen molar-refractivity contribution in [2.75, 3.05) is 25.0 Å². The van der Waals surface area contributed by atoms with Gasteiger partial charge in [0, 0.05) is 36.3 Å². The van der Waals surface area contributed by atoms with Gasteiger partial charge in [0.1, 0.15) is 6.04 Å². The lowest BCUT2D eigenvalue weighted by Crippen LogP contribution is -2.60. The lowest BCUT2D eigenvalue weighted by atomic mass is 9.97. The molecule has 1 aliphatic heterocycles. The fraction of sp³-hybridized carbons (Fsp3) is 0.345. The van der Waals surface area contributed by atoms with E-state index in [1.165, 1.54) is 6.07 Å². The molecule has 1 aliphatic rings. The van der Waals surface area contributed by atoms with E-state index in [1.54, 1.807) is 17.0 Å². The van der Waals surface area contributed by atoms with Crippen molar-refractivity contribution < 1.29 is 14.4 Å². The lowest BCUT2D eigenvalue weighted by molar-refractivity contribution is -0.136. The van der Waals surface area contributed by atoms with Crippen LogP contribution >= 0.6 is 23.2 Å². The number of hydrogen-bond acceptors (Lipinski definition) is 3. The summed E-state index contributed by atoms with van der Waals surface area (Å²) in [5, 5.41) is 8.23. The normalized spacial score (nSPS) is 17.1. The number of fused-ring (bicyclic) bond motifs is 1. The van der Waals surface area contributed by atoms with E-state index < -0.39 is 12.1 Å². The number of nitrogens with zero attached hydrogens (tertiary/aromatic N) is 2. The molecule has 38 heavy (non-hydrogen) atoms. The van der Waals surface area contributed by atoms with Gasteiger partial charge in [0.2, 0.25) is 5.91 Å². The van der Waals surface area contributed by atoms with Crippen molar-refractivity contribution in [3.8, 4) is 0 Å². The van der Waals surface area contributed by atoms with Crippen molar-refractivity contribution >= 4 is 57.5 Å². The van der Waals surface area contributed by atoms with Crippen LogP contribution in [0.25, 0.3) is 10.8 Å². The summed E-state index contributed by atoms with van der Waals surface area (Å²) < 4.78 is 0. The number of halogens is 2. The number of piperazine rings is 1. The molecule has 3 unspecified atom stereocenters. The summed E-state index contributed by atoms with van der Waals surface area (Å²) in [5.74, 6) is -0.308. The fourth-order valence-corrected chi connectivity index (χ4v) is 5.25. The summed E-state index contributed by atoms with van der Waals surface area (Å²) in [7, 11) is 0. The first-order valence-electron chi connectivity index (χ1n) is 12.8. The van der Waals surface area contributed by atoms with Crippen LogP contribution < -0.4 is 10.6 Å². The van der Waals surface area contributed by atoms with Crippen molar-refractivity contribution in [3.63, 3.8) is 0 Å². The Morgan fingerprint density at radius 1 is 1.03 bits per heavy atom. The Morgan fingerprint density at radius 2 is 1.76 bits per heavy atom. The van der Waals surface area contributed by atoms with Crippen LogP contribution in [0.1, 0.15) is 37.6 Å². The number of hydrogen-bond donors (Lipinski definition) is 2. The van der Waals surface area contributed by atoms with Crippen LogP contribution in [0.3, 0.4) is 0 Å².